The van der Waals surface area contributed by atoms with Crippen LogP contribution in [0.3, 0.4) is 0 Å². The van der Waals surface area contributed by atoms with Crippen molar-refractivity contribution in [2.75, 3.05) is 13.2 Å². The Bertz CT molecular complexity index is 2120. The van der Waals surface area contributed by atoms with E-state index in [1.54, 1.807) is 0 Å². The fraction of sp³-hybridized carbons (Fsp3) is 0.617. The fourth-order valence-electron chi connectivity index (χ4n) is 13.2. The van der Waals surface area contributed by atoms with E-state index in [9.17, 15) is 19.8 Å². The summed E-state index contributed by atoms with van der Waals surface area (Å²) in [6.45, 7) is 24.2. The van der Waals surface area contributed by atoms with Crippen molar-refractivity contribution in [1.82, 2.24) is 9.88 Å². The minimum Gasteiger partial charge on any atom is -0.396 e. The molecule has 2 aliphatic heterocycles. The van der Waals surface area contributed by atoms with Gasteiger partial charge in [0, 0.05) is 52.1 Å². The van der Waals surface area contributed by atoms with Crippen LogP contribution in [0.1, 0.15) is 146 Å². The summed E-state index contributed by atoms with van der Waals surface area (Å²) in [6, 6.07) is 1.76. The first-order chi connectivity index (χ1) is 25.7. The monoisotopic (exact) mass is 750 g/mol. The molecule has 6 aliphatic rings. The molecule has 0 saturated heterocycles. The number of hydrogen-bond acceptors (Lipinski definition) is 6. The number of allylic oxidation sites excluding steroid dienone is 3. The number of aliphatic hydroxyl groups is 3. The molecule has 8 rings (SSSR count). The van der Waals surface area contributed by atoms with Gasteiger partial charge in [0.05, 0.1) is 34.5 Å². The van der Waals surface area contributed by atoms with Crippen molar-refractivity contribution >= 4 is 28.2 Å². The molecule has 2 aromatic rings. The molecule has 3 heterocycles. The SMILES string of the molecule is C=C(C)C1C(=O)c2c3c(cc4c5c(n1c24)C1(C)C(CCC2C(C)(/C=C/C=C(\C)C(=O)NCCCCO)C(O)CCC21C)C5)C1=CC(C)(C)OC(C)(C)C1C3O. The third kappa shape index (κ3) is 5.16. The van der Waals surface area contributed by atoms with Gasteiger partial charge >= 0.3 is 0 Å². The van der Waals surface area contributed by atoms with Crippen LogP contribution in [-0.2, 0) is 21.4 Å². The van der Waals surface area contributed by atoms with Gasteiger partial charge in [0.1, 0.15) is 6.04 Å². The van der Waals surface area contributed by atoms with E-state index in [0.29, 0.717) is 36.4 Å². The van der Waals surface area contributed by atoms with E-state index in [1.165, 1.54) is 11.3 Å². The maximum Gasteiger partial charge on any atom is 0.246 e. The standard InChI is InChI=1S/C47H62N2O6/c1-25(2)37-40(53)35-34-28(31-24-43(4,5)55-44(6,7)36(31)39(34)52)23-29-30-22-27-15-16-32-45(8,18-13-14-26(3)42(54)48-20-11-12-21-50)33(51)17-19-46(32,9)47(27,10)41(30)49(37)38(29)35/h13-14,18,23-24,27,32-33,36-37,39,50-52H,1,11-12,15-17,19-22H2,2-10H3,(H,48,54)/b18-13+,26-14+. The number of amides is 1. The number of aliphatic hydroxyl groups excluding tert-OH is 3. The topological polar surface area (TPSA) is 121 Å². The summed E-state index contributed by atoms with van der Waals surface area (Å²) in [5.41, 5.74) is 6.27. The molecular formula is C47H62N2O6. The van der Waals surface area contributed by atoms with E-state index in [0.717, 1.165) is 65.3 Å². The van der Waals surface area contributed by atoms with Crippen molar-refractivity contribution in [2.45, 2.75) is 142 Å². The second-order valence-corrected chi connectivity index (χ2v) is 19.7. The Labute approximate surface area is 326 Å². The molecule has 4 aliphatic carbocycles. The predicted octanol–water partition coefficient (Wildman–Crippen LogP) is 7.99. The van der Waals surface area contributed by atoms with Crippen molar-refractivity contribution in [2.24, 2.45) is 28.6 Å². The molecule has 1 amide bonds. The van der Waals surface area contributed by atoms with E-state index in [-0.39, 0.29) is 41.0 Å². The molecule has 9 unspecified atom stereocenters. The van der Waals surface area contributed by atoms with E-state index < -0.39 is 34.9 Å². The number of unbranched alkanes of at least 4 members (excludes halogenated alkanes) is 1. The highest BCUT2D eigenvalue weighted by Gasteiger charge is 2.67. The number of fused-ring (bicyclic) bond motifs is 11. The summed E-state index contributed by atoms with van der Waals surface area (Å²) in [5.74, 6) is 0.161. The number of nitrogens with one attached hydrogen (secondary N) is 1. The van der Waals surface area contributed by atoms with Crippen LogP contribution in [0, 0.1) is 28.6 Å². The minimum absolute atomic E-state index is 0.0272. The zero-order valence-corrected chi connectivity index (χ0v) is 34.4. The molecular weight excluding hydrogens is 689 g/mol. The summed E-state index contributed by atoms with van der Waals surface area (Å²) >= 11 is 0. The Morgan fingerprint density at radius 2 is 1.80 bits per heavy atom. The summed E-state index contributed by atoms with van der Waals surface area (Å²) in [4.78, 5) is 27.7. The lowest BCUT2D eigenvalue weighted by Crippen LogP contribution is -2.62. The van der Waals surface area contributed by atoms with Crippen molar-refractivity contribution in [3.63, 3.8) is 0 Å². The Balaban J connectivity index is 1.25. The van der Waals surface area contributed by atoms with Crippen LogP contribution in [0.4, 0.5) is 0 Å². The maximum atomic E-state index is 14.9. The maximum absolute atomic E-state index is 14.9. The number of nitrogens with zero attached hydrogens (tertiary/aromatic N) is 1. The number of aromatic nitrogens is 1. The van der Waals surface area contributed by atoms with Gasteiger partial charge in [-0.15, -0.1) is 0 Å². The van der Waals surface area contributed by atoms with Crippen LogP contribution in [0.15, 0.2) is 48.1 Å². The summed E-state index contributed by atoms with van der Waals surface area (Å²) < 4.78 is 8.90. The van der Waals surface area contributed by atoms with Crippen molar-refractivity contribution in [3.05, 3.63) is 76.0 Å². The molecule has 0 spiro atoms. The lowest BCUT2D eigenvalue weighted by Gasteiger charge is -2.64. The number of rotatable bonds is 8. The van der Waals surface area contributed by atoms with Crippen molar-refractivity contribution in [1.29, 1.82) is 0 Å². The molecule has 4 N–H and O–H groups in total. The van der Waals surface area contributed by atoms with Gasteiger partial charge in [-0.3, -0.25) is 9.59 Å². The number of carbonyl (C=O) groups excluding carboxylic acids is 2. The summed E-state index contributed by atoms with van der Waals surface area (Å²) in [7, 11) is 0. The minimum atomic E-state index is -0.861. The predicted molar refractivity (Wildman–Crippen MR) is 217 cm³/mol. The van der Waals surface area contributed by atoms with Gasteiger partial charge in [-0.2, -0.15) is 0 Å². The number of carbonyl (C=O) groups is 2. The third-order valence-electron chi connectivity index (χ3n) is 15.6. The highest BCUT2D eigenvalue weighted by molar-refractivity contribution is 6.18. The molecule has 1 aromatic carbocycles. The Hall–Kier alpha value is -3.30. The van der Waals surface area contributed by atoms with Crippen LogP contribution >= 0.6 is 0 Å². The fourth-order valence-corrected chi connectivity index (χ4v) is 13.2. The van der Waals surface area contributed by atoms with E-state index >= 15 is 0 Å². The van der Waals surface area contributed by atoms with Gasteiger partial charge in [0.25, 0.3) is 0 Å². The average Bonchev–Trinajstić information content (AvgIpc) is 3.77. The molecule has 8 heteroatoms. The number of hydrogen-bond donors (Lipinski definition) is 4. The normalized spacial score (nSPS) is 36.7. The molecule has 8 nitrogen and oxygen atoms in total. The van der Waals surface area contributed by atoms with Gasteiger partial charge in [-0.25, -0.2) is 0 Å². The van der Waals surface area contributed by atoms with Crippen LogP contribution in [-0.4, -0.2) is 62.0 Å². The van der Waals surface area contributed by atoms with E-state index in [2.05, 4.69) is 83.1 Å². The van der Waals surface area contributed by atoms with Crippen LogP contribution in [0.25, 0.3) is 16.5 Å². The smallest absolute Gasteiger partial charge is 0.246 e. The van der Waals surface area contributed by atoms with Gasteiger partial charge in [-0.05, 0) is 133 Å². The number of ketones is 1. The van der Waals surface area contributed by atoms with Crippen LogP contribution < -0.4 is 5.32 Å². The molecule has 2 saturated carbocycles. The molecule has 0 radical (unpaired) electrons. The number of ether oxygens (including phenoxy) is 1. The second kappa shape index (κ2) is 12.6. The second-order valence-electron chi connectivity index (χ2n) is 19.7. The van der Waals surface area contributed by atoms with E-state index in [4.69, 9.17) is 9.84 Å². The van der Waals surface area contributed by atoms with E-state index in [1.807, 2.05) is 26.0 Å². The van der Waals surface area contributed by atoms with Gasteiger partial charge in [0.15, 0.2) is 5.78 Å². The quantitative estimate of drug-likeness (QED) is 0.0940. The molecule has 9 atom stereocenters. The van der Waals surface area contributed by atoms with Crippen LogP contribution in [0.2, 0.25) is 0 Å². The number of benzene rings is 1. The highest BCUT2D eigenvalue weighted by atomic mass is 16.5. The summed E-state index contributed by atoms with van der Waals surface area (Å²) in [6.07, 6.45) is 12.6. The lowest BCUT2D eigenvalue weighted by atomic mass is 9.40. The van der Waals surface area contributed by atoms with Crippen LogP contribution in [0.5, 0.6) is 0 Å². The summed E-state index contributed by atoms with van der Waals surface area (Å²) in [5, 5.41) is 37.2. The molecule has 55 heavy (non-hydrogen) atoms. The number of Topliss-reactive ketones (excluding diaryl/α,β-unsaturated/α-hetero) is 1. The van der Waals surface area contributed by atoms with Crippen molar-refractivity contribution < 1.29 is 29.6 Å². The van der Waals surface area contributed by atoms with Gasteiger partial charge in [0.2, 0.25) is 5.91 Å². The molecule has 296 valence electrons. The van der Waals surface area contributed by atoms with Gasteiger partial charge in [-0.1, -0.05) is 51.2 Å². The Morgan fingerprint density at radius 3 is 2.49 bits per heavy atom. The van der Waals surface area contributed by atoms with Gasteiger partial charge < -0.3 is 29.9 Å². The van der Waals surface area contributed by atoms with Crippen molar-refractivity contribution in [3.8, 4) is 0 Å². The molecule has 2 fully saturated rings. The Kier molecular flexibility index (Phi) is 8.83. The largest absolute Gasteiger partial charge is 0.396 e. The zero-order chi connectivity index (χ0) is 39.8. The first-order valence-corrected chi connectivity index (χ1v) is 20.7. The highest BCUT2D eigenvalue weighted by Crippen LogP contribution is 2.71. The zero-order valence-electron chi connectivity index (χ0n) is 34.4. The first-order valence-electron chi connectivity index (χ1n) is 20.7. The molecule has 0 bridgehead atoms. The lowest BCUT2D eigenvalue weighted by molar-refractivity contribution is -0.144. The molecule has 1 aromatic heterocycles. The Morgan fingerprint density at radius 1 is 1.07 bits per heavy atom. The average molecular weight is 751 g/mol. The third-order valence-corrected chi connectivity index (χ3v) is 15.6. The first kappa shape index (κ1) is 38.6.